The van der Waals surface area contributed by atoms with E-state index in [1.165, 1.54) is 12.1 Å². The second kappa shape index (κ2) is 6.95. The van der Waals surface area contributed by atoms with Gasteiger partial charge in [0.15, 0.2) is 0 Å². The molecule has 0 saturated carbocycles. The van der Waals surface area contributed by atoms with Crippen molar-refractivity contribution in [2.75, 3.05) is 19.8 Å². The molecule has 1 aromatic carbocycles. The maximum atomic E-state index is 13.1. The summed E-state index contributed by atoms with van der Waals surface area (Å²) in [5, 5.41) is 2.86. The lowest BCUT2D eigenvalue weighted by Crippen LogP contribution is -2.52. The Kier molecular flexibility index (Phi) is 5.25. The van der Waals surface area contributed by atoms with Crippen LogP contribution in [0, 0.1) is 11.2 Å². The van der Waals surface area contributed by atoms with Crippen LogP contribution >= 0.6 is 12.2 Å². The molecule has 6 heteroatoms. The molecule has 1 aliphatic heterocycles. The second-order valence-electron chi connectivity index (χ2n) is 5.19. The molecular formula is C15H19FN2O2S. The number of hydrogen-bond donors (Lipinski definition) is 2. The number of hydrogen-bond acceptors (Lipinski definition) is 3. The van der Waals surface area contributed by atoms with Gasteiger partial charge in [0, 0.05) is 19.8 Å². The highest BCUT2D eigenvalue weighted by Gasteiger charge is 2.42. The molecule has 0 unspecified atom stereocenters. The van der Waals surface area contributed by atoms with Gasteiger partial charge in [-0.15, -0.1) is 0 Å². The maximum Gasteiger partial charge on any atom is 0.233 e. The molecule has 0 radical (unpaired) electrons. The first kappa shape index (κ1) is 15.9. The Morgan fingerprint density at radius 1 is 1.43 bits per heavy atom. The molecule has 0 atom stereocenters. The van der Waals surface area contributed by atoms with Crippen molar-refractivity contribution >= 4 is 23.1 Å². The molecule has 1 aliphatic rings. The van der Waals surface area contributed by atoms with Gasteiger partial charge in [-0.2, -0.15) is 0 Å². The minimum atomic E-state index is -0.810. The van der Waals surface area contributed by atoms with Gasteiger partial charge in [-0.1, -0.05) is 24.4 Å². The van der Waals surface area contributed by atoms with Crippen molar-refractivity contribution < 1.29 is 13.9 Å². The monoisotopic (exact) mass is 310 g/mol. The number of nitrogens with one attached hydrogen (secondary N) is 1. The van der Waals surface area contributed by atoms with Crippen LogP contribution in [0.2, 0.25) is 0 Å². The molecular weight excluding hydrogens is 291 g/mol. The molecule has 3 N–H and O–H groups in total. The molecule has 1 heterocycles. The molecule has 0 aliphatic carbocycles. The Labute approximate surface area is 128 Å². The average molecular weight is 310 g/mol. The summed E-state index contributed by atoms with van der Waals surface area (Å²) in [5.41, 5.74) is 5.80. The van der Waals surface area contributed by atoms with Crippen LogP contribution in [0.3, 0.4) is 0 Å². The SMILES string of the molecule is NC(=S)C1(C(=O)NCCc2cccc(F)c2)CCOCC1. The third-order valence-electron chi connectivity index (χ3n) is 3.84. The zero-order valence-electron chi connectivity index (χ0n) is 11.7. The summed E-state index contributed by atoms with van der Waals surface area (Å²) in [6.45, 7) is 1.39. The highest BCUT2D eigenvalue weighted by Crippen LogP contribution is 2.31. The zero-order valence-corrected chi connectivity index (χ0v) is 12.5. The predicted octanol–water partition coefficient (Wildman–Crippen LogP) is 1.57. The fourth-order valence-electron chi connectivity index (χ4n) is 2.49. The molecule has 1 saturated heterocycles. The van der Waals surface area contributed by atoms with Gasteiger partial charge in [0.1, 0.15) is 11.2 Å². The minimum absolute atomic E-state index is 0.158. The van der Waals surface area contributed by atoms with Gasteiger partial charge in [0.05, 0.1) is 4.99 Å². The first-order valence-electron chi connectivity index (χ1n) is 6.95. The number of nitrogens with two attached hydrogens (primary N) is 1. The normalized spacial score (nSPS) is 17.2. The summed E-state index contributed by atoms with van der Waals surface area (Å²) >= 11 is 5.08. The van der Waals surface area contributed by atoms with Gasteiger partial charge in [-0.25, -0.2) is 4.39 Å². The lowest BCUT2D eigenvalue weighted by Gasteiger charge is -2.34. The number of rotatable bonds is 5. The Hall–Kier alpha value is -1.53. The van der Waals surface area contributed by atoms with E-state index in [2.05, 4.69) is 5.32 Å². The second-order valence-corrected chi connectivity index (χ2v) is 5.63. The van der Waals surface area contributed by atoms with Crippen molar-refractivity contribution in [2.24, 2.45) is 11.1 Å². The number of benzene rings is 1. The summed E-state index contributed by atoms with van der Waals surface area (Å²) < 4.78 is 18.4. The molecule has 4 nitrogen and oxygen atoms in total. The summed E-state index contributed by atoms with van der Waals surface area (Å²) in [5.74, 6) is -0.433. The standard InChI is InChI=1S/C15H19FN2O2S/c16-12-3-1-2-11(10-12)4-7-18-14(19)15(13(17)21)5-8-20-9-6-15/h1-3,10H,4-9H2,(H2,17,21)(H,18,19). The minimum Gasteiger partial charge on any atom is -0.392 e. The Bertz CT molecular complexity index is 530. The van der Waals surface area contributed by atoms with Crippen molar-refractivity contribution in [2.45, 2.75) is 19.3 Å². The Balaban J connectivity index is 1.92. The largest absolute Gasteiger partial charge is 0.392 e. The van der Waals surface area contributed by atoms with Crippen LogP contribution in [0.25, 0.3) is 0 Å². The summed E-state index contributed by atoms with van der Waals surface area (Å²) in [4.78, 5) is 12.6. The first-order valence-corrected chi connectivity index (χ1v) is 7.36. The van der Waals surface area contributed by atoms with E-state index in [-0.39, 0.29) is 16.7 Å². The van der Waals surface area contributed by atoms with Gasteiger partial charge in [-0.05, 0) is 37.0 Å². The van der Waals surface area contributed by atoms with E-state index in [0.717, 1.165) is 5.56 Å². The van der Waals surface area contributed by atoms with E-state index in [1.807, 2.05) is 6.07 Å². The van der Waals surface area contributed by atoms with Crippen molar-refractivity contribution in [1.82, 2.24) is 5.32 Å². The molecule has 114 valence electrons. The first-order chi connectivity index (χ1) is 10.0. The Morgan fingerprint density at radius 3 is 2.76 bits per heavy atom. The smallest absolute Gasteiger partial charge is 0.233 e. The van der Waals surface area contributed by atoms with Crippen molar-refractivity contribution in [3.63, 3.8) is 0 Å². The third kappa shape index (κ3) is 3.77. The van der Waals surface area contributed by atoms with Gasteiger partial charge >= 0.3 is 0 Å². The molecule has 1 amide bonds. The molecule has 0 spiro atoms. The van der Waals surface area contributed by atoms with Crippen LogP contribution in [-0.2, 0) is 16.0 Å². The Morgan fingerprint density at radius 2 is 2.14 bits per heavy atom. The van der Waals surface area contributed by atoms with Gasteiger partial charge in [0.2, 0.25) is 5.91 Å². The molecule has 1 aromatic rings. The molecule has 21 heavy (non-hydrogen) atoms. The van der Waals surface area contributed by atoms with E-state index in [1.54, 1.807) is 6.07 Å². The lowest BCUT2D eigenvalue weighted by atomic mass is 9.79. The van der Waals surface area contributed by atoms with Crippen LogP contribution in [0.4, 0.5) is 4.39 Å². The van der Waals surface area contributed by atoms with Crippen LogP contribution in [0.5, 0.6) is 0 Å². The van der Waals surface area contributed by atoms with E-state index < -0.39 is 5.41 Å². The van der Waals surface area contributed by atoms with E-state index in [0.29, 0.717) is 39.0 Å². The van der Waals surface area contributed by atoms with Gasteiger partial charge < -0.3 is 15.8 Å². The number of carbonyl (C=O) groups is 1. The maximum absolute atomic E-state index is 13.1. The molecule has 0 aromatic heterocycles. The van der Waals surface area contributed by atoms with Gasteiger partial charge in [-0.3, -0.25) is 4.79 Å². The topological polar surface area (TPSA) is 64.4 Å². The highest BCUT2D eigenvalue weighted by molar-refractivity contribution is 7.80. The van der Waals surface area contributed by atoms with Crippen LogP contribution in [-0.4, -0.2) is 30.7 Å². The predicted molar refractivity (Wildman–Crippen MR) is 82.4 cm³/mol. The van der Waals surface area contributed by atoms with Crippen molar-refractivity contribution in [1.29, 1.82) is 0 Å². The van der Waals surface area contributed by atoms with Crippen LogP contribution < -0.4 is 11.1 Å². The summed E-state index contributed by atoms with van der Waals surface area (Å²) in [7, 11) is 0. The van der Waals surface area contributed by atoms with Crippen LogP contribution in [0.15, 0.2) is 24.3 Å². The fourth-order valence-corrected chi connectivity index (χ4v) is 2.78. The number of amides is 1. The lowest BCUT2D eigenvalue weighted by molar-refractivity contribution is -0.131. The number of thiocarbonyl (C=S) groups is 1. The van der Waals surface area contributed by atoms with Crippen molar-refractivity contribution in [3.05, 3.63) is 35.6 Å². The quantitative estimate of drug-likeness (QED) is 0.810. The highest BCUT2D eigenvalue weighted by atomic mass is 32.1. The van der Waals surface area contributed by atoms with Crippen molar-refractivity contribution in [3.8, 4) is 0 Å². The van der Waals surface area contributed by atoms with Crippen LogP contribution in [0.1, 0.15) is 18.4 Å². The summed E-state index contributed by atoms with van der Waals surface area (Å²) in [6, 6.07) is 6.34. The van der Waals surface area contributed by atoms with E-state index >= 15 is 0 Å². The average Bonchev–Trinajstić information content (AvgIpc) is 2.47. The number of carbonyl (C=O) groups excluding carboxylic acids is 1. The summed E-state index contributed by atoms with van der Waals surface area (Å²) in [6.07, 6.45) is 1.58. The molecule has 2 rings (SSSR count). The molecule has 0 bridgehead atoms. The fraction of sp³-hybridized carbons (Fsp3) is 0.467. The number of ether oxygens (including phenoxy) is 1. The van der Waals surface area contributed by atoms with E-state index in [4.69, 9.17) is 22.7 Å². The van der Waals surface area contributed by atoms with Gasteiger partial charge in [0.25, 0.3) is 0 Å². The molecule has 1 fully saturated rings. The number of halogens is 1. The third-order valence-corrected chi connectivity index (χ3v) is 4.23. The zero-order chi connectivity index (χ0) is 15.3. The van der Waals surface area contributed by atoms with E-state index in [9.17, 15) is 9.18 Å².